The number of nitrogens with zero attached hydrogens (tertiary/aromatic N) is 1. The molecule has 2 aromatic rings. The van der Waals surface area contributed by atoms with Crippen LogP contribution in [0.25, 0.3) is 5.57 Å². The van der Waals surface area contributed by atoms with Gasteiger partial charge in [-0.25, -0.2) is 9.37 Å². The van der Waals surface area contributed by atoms with Gasteiger partial charge in [0.15, 0.2) is 0 Å². The zero-order valence-corrected chi connectivity index (χ0v) is 17.0. The van der Waals surface area contributed by atoms with Crippen LogP contribution in [0.1, 0.15) is 41.0 Å². The molecule has 0 amide bonds. The maximum Gasteiger partial charge on any atom is 0.416 e. The average Bonchev–Trinajstić information content (AvgIpc) is 3.35. The SMILES string of the molecule is O=C(O)C1C2Cc3cc(OCC4CC(c5ccccc5C(F)(F)F)=CCC4F)ncc3C21. The lowest BCUT2D eigenvalue weighted by Gasteiger charge is -2.27. The van der Waals surface area contributed by atoms with E-state index in [4.69, 9.17) is 4.74 Å². The number of hydrogen-bond acceptors (Lipinski definition) is 3. The fourth-order valence-electron chi connectivity index (χ4n) is 5.21. The maximum absolute atomic E-state index is 14.5. The Morgan fingerprint density at radius 3 is 2.75 bits per heavy atom. The van der Waals surface area contributed by atoms with Crippen LogP contribution in [-0.4, -0.2) is 28.8 Å². The van der Waals surface area contributed by atoms with Gasteiger partial charge in [0.2, 0.25) is 5.88 Å². The van der Waals surface area contributed by atoms with Crippen LogP contribution in [0.2, 0.25) is 0 Å². The maximum atomic E-state index is 14.5. The van der Waals surface area contributed by atoms with Crippen molar-refractivity contribution in [2.75, 3.05) is 6.61 Å². The van der Waals surface area contributed by atoms with Gasteiger partial charge in [-0.2, -0.15) is 13.2 Å². The van der Waals surface area contributed by atoms with Crippen LogP contribution >= 0.6 is 0 Å². The third-order valence-corrected chi connectivity index (χ3v) is 6.87. The Hall–Kier alpha value is -2.90. The van der Waals surface area contributed by atoms with E-state index in [2.05, 4.69) is 4.98 Å². The highest BCUT2D eigenvalue weighted by Crippen LogP contribution is 2.61. The Kier molecular flexibility index (Phi) is 4.98. The van der Waals surface area contributed by atoms with Gasteiger partial charge in [-0.1, -0.05) is 24.3 Å². The molecule has 1 heterocycles. The van der Waals surface area contributed by atoms with Crippen molar-refractivity contribution < 1.29 is 32.2 Å². The predicted molar refractivity (Wildman–Crippen MR) is 108 cm³/mol. The van der Waals surface area contributed by atoms with Gasteiger partial charge in [0.25, 0.3) is 0 Å². The van der Waals surface area contributed by atoms with Gasteiger partial charge in [-0.3, -0.25) is 4.79 Å². The van der Waals surface area contributed by atoms with Gasteiger partial charge in [0, 0.05) is 24.1 Å². The van der Waals surface area contributed by atoms with Crippen molar-refractivity contribution in [2.45, 2.75) is 37.5 Å². The summed E-state index contributed by atoms with van der Waals surface area (Å²) in [6, 6.07) is 7.12. The van der Waals surface area contributed by atoms with Crippen molar-refractivity contribution in [3.63, 3.8) is 0 Å². The van der Waals surface area contributed by atoms with Crippen molar-refractivity contribution >= 4 is 11.5 Å². The first kappa shape index (κ1) is 21.0. The molecular formula is C24H21F4NO3. The molecule has 32 heavy (non-hydrogen) atoms. The van der Waals surface area contributed by atoms with Crippen LogP contribution < -0.4 is 4.74 Å². The molecule has 1 N–H and O–H groups in total. The molecule has 3 aliphatic rings. The Labute approximate surface area is 181 Å². The van der Waals surface area contributed by atoms with E-state index in [0.29, 0.717) is 17.9 Å². The molecular weight excluding hydrogens is 426 g/mol. The number of ether oxygens (including phenoxy) is 1. The Morgan fingerprint density at radius 2 is 2.00 bits per heavy atom. The number of benzene rings is 1. The second-order valence-corrected chi connectivity index (χ2v) is 8.78. The summed E-state index contributed by atoms with van der Waals surface area (Å²) in [6.45, 7) is 0.00306. The molecule has 1 aromatic heterocycles. The highest BCUT2D eigenvalue weighted by molar-refractivity contribution is 5.77. The second-order valence-electron chi connectivity index (χ2n) is 8.78. The number of carboxylic acid groups (broad SMARTS) is 1. The summed E-state index contributed by atoms with van der Waals surface area (Å²) in [6.07, 6.45) is -1.68. The average molecular weight is 447 g/mol. The minimum Gasteiger partial charge on any atom is -0.481 e. The molecule has 0 bridgehead atoms. The number of halogens is 4. The summed E-state index contributed by atoms with van der Waals surface area (Å²) in [5.74, 6) is -1.26. The van der Waals surface area contributed by atoms with Gasteiger partial charge in [-0.15, -0.1) is 0 Å². The molecule has 0 saturated heterocycles. The largest absolute Gasteiger partial charge is 0.481 e. The lowest BCUT2D eigenvalue weighted by Crippen LogP contribution is -2.26. The quantitative estimate of drug-likeness (QED) is 0.634. The van der Waals surface area contributed by atoms with E-state index in [0.717, 1.165) is 17.2 Å². The zero-order chi connectivity index (χ0) is 22.6. The Morgan fingerprint density at radius 1 is 1.22 bits per heavy atom. The number of carboxylic acids is 1. The van der Waals surface area contributed by atoms with Crippen LogP contribution in [0.3, 0.4) is 0 Å². The topological polar surface area (TPSA) is 59.4 Å². The minimum atomic E-state index is -4.48. The minimum absolute atomic E-state index is 0.00306. The number of aromatic nitrogens is 1. The number of pyridine rings is 1. The summed E-state index contributed by atoms with van der Waals surface area (Å²) in [5, 5.41) is 9.21. The van der Waals surface area contributed by atoms with Crippen LogP contribution in [0.15, 0.2) is 42.6 Å². The molecule has 1 saturated carbocycles. The van der Waals surface area contributed by atoms with Crippen LogP contribution in [0.4, 0.5) is 17.6 Å². The lowest BCUT2D eigenvalue weighted by atomic mass is 9.83. The monoisotopic (exact) mass is 447 g/mol. The van der Waals surface area contributed by atoms with Crippen LogP contribution in [0, 0.1) is 17.8 Å². The molecule has 1 aromatic carbocycles. The van der Waals surface area contributed by atoms with Crippen molar-refractivity contribution in [3.8, 4) is 5.88 Å². The number of allylic oxidation sites excluding steroid dienone is 2. The Bertz CT molecular complexity index is 1100. The van der Waals surface area contributed by atoms with Gasteiger partial charge >= 0.3 is 12.1 Å². The Balaban J connectivity index is 1.27. The fourth-order valence-corrected chi connectivity index (χ4v) is 5.21. The zero-order valence-electron chi connectivity index (χ0n) is 17.0. The molecule has 8 heteroatoms. The number of hydrogen-bond donors (Lipinski definition) is 1. The number of fused-ring (bicyclic) bond motifs is 3. The van der Waals surface area contributed by atoms with Gasteiger partial charge in [-0.05, 0) is 53.5 Å². The summed E-state index contributed by atoms with van der Waals surface area (Å²) in [5.41, 5.74) is 1.77. The van der Waals surface area contributed by atoms with E-state index in [-0.39, 0.29) is 42.8 Å². The van der Waals surface area contributed by atoms with Crippen molar-refractivity contribution in [2.24, 2.45) is 17.8 Å². The predicted octanol–water partition coefficient (Wildman–Crippen LogP) is 5.28. The normalized spacial score (nSPS) is 28.5. The molecule has 0 radical (unpaired) electrons. The molecule has 5 rings (SSSR count). The molecule has 168 valence electrons. The molecule has 0 aliphatic heterocycles. The molecule has 5 unspecified atom stereocenters. The van der Waals surface area contributed by atoms with E-state index < -0.39 is 29.8 Å². The van der Waals surface area contributed by atoms with Crippen molar-refractivity contribution in [1.29, 1.82) is 0 Å². The highest BCUT2D eigenvalue weighted by Gasteiger charge is 2.60. The number of carbonyl (C=O) groups is 1. The highest BCUT2D eigenvalue weighted by atomic mass is 19.4. The van der Waals surface area contributed by atoms with E-state index >= 15 is 0 Å². The first-order valence-electron chi connectivity index (χ1n) is 10.6. The van der Waals surface area contributed by atoms with Crippen LogP contribution in [0.5, 0.6) is 5.88 Å². The van der Waals surface area contributed by atoms with Gasteiger partial charge in [0.1, 0.15) is 6.17 Å². The number of alkyl halides is 4. The molecule has 4 nitrogen and oxygen atoms in total. The molecule has 1 fully saturated rings. The summed E-state index contributed by atoms with van der Waals surface area (Å²) >= 11 is 0. The van der Waals surface area contributed by atoms with Gasteiger partial charge in [0.05, 0.1) is 18.1 Å². The van der Waals surface area contributed by atoms with E-state index in [1.165, 1.54) is 12.1 Å². The summed E-state index contributed by atoms with van der Waals surface area (Å²) < 4.78 is 60.4. The lowest BCUT2D eigenvalue weighted by molar-refractivity contribution is -0.139. The molecule has 5 atom stereocenters. The van der Waals surface area contributed by atoms with Gasteiger partial charge < -0.3 is 9.84 Å². The second kappa shape index (κ2) is 7.60. The van der Waals surface area contributed by atoms with Crippen LogP contribution in [-0.2, 0) is 17.4 Å². The number of rotatable bonds is 5. The molecule has 3 aliphatic carbocycles. The summed E-state index contributed by atoms with van der Waals surface area (Å²) in [7, 11) is 0. The fraction of sp³-hybridized carbons (Fsp3) is 0.417. The van der Waals surface area contributed by atoms with Crippen molar-refractivity contribution in [1.82, 2.24) is 4.98 Å². The standard InChI is InChI=1S/C24H21F4NO3/c25-19-6-5-12(15-3-1-2-4-18(15)24(26,27)28)7-14(19)11-32-20-9-13-8-16-21(17(13)10-29-20)22(16)23(30)31/h1-5,9-10,14,16,19,21-22H,6-8,11H2,(H,30,31). The third-order valence-electron chi connectivity index (χ3n) is 6.87. The summed E-state index contributed by atoms with van der Waals surface area (Å²) in [4.78, 5) is 15.5. The molecule has 0 spiro atoms. The van der Waals surface area contributed by atoms with E-state index in [1.54, 1.807) is 24.4 Å². The first-order chi connectivity index (χ1) is 15.2. The van der Waals surface area contributed by atoms with Crippen molar-refractivity contribution in [3.05, 3.63) is 64.9 Å². The van der Waals surface area contributed by atoms with E-state index in [1.807, 2.05) is 0 Å². The van der Waals surface area contributed by atoms with E-state index in [9.17, 15) is 27.5 Å². The number of aliphatic carboxylic acids is 1. The first-order valence-corrected chi connectivity index (χ1v) is 10.6. The smallest absolute Gasteiger partial charge is 0.416 e. The third kappa shape index (κ3) is 3.65.